The summed E-state index contributed by atoms with van der Waals surface area (Å²) >= 11 is 0. The van der Waals surface area contributed by atoms with Crippen LogP contribution in [-0.4, -0.2) is 83.8 Å². The Hall–Kier alpha value is -3.96. The molecule has 1 aliphatic rings. The van der Waals surface area contributed by atoms with Gasteiger partial charge in [-0.1, -0.05) is 126 Å². The monoisotopic (exact) mass is 840 g/mol. The minimum absolute atomic E-state index is 0.0467. The number of nitrogens with one attached hydrogen (secondary N) is 4. The van der Waals surface area contributed by atoms with E-state index >= 15 is 0 Å². The number of amides is 5. The van der Waals surface area contributed by atoms with Gasteiger partial charge in [0.1, 0.15) is 24.2 Å². The molecule has 0 bridgehead atoms. The molecule has 0 spiro atoms. The number of urea groups is 1. The van der Waals surface area contributed by atoms with Gasteiger partial charge in [-0.2, -0.15) is 0 Å². The third-order valence-electron chi connectivity index (χ3n) is 7.95. The fourth-order valence-corrected chi connectivity index (χ4v) is 5.00. The predicted molar refractivity (Wildman–Crippen MR) is 250 cm³/mol. The molecule has 0 aromatic rings. The molecule has 1 saturated heterocycles. The van der Waals surface area contributed by atoms with E-state index < -0.39 is 29.7 Å². The smallest absolute Gasteiger partial charge is 0.326 e. The number of hydrogen-bond acceptors (Lipinski definition) is 7. The topological polar surface area (TPSA) is 163 Å². The Morgan fingerprint density at radius 2 is 1.41 bits per heavy atom. The quantitative estimate of drug-likeness (QED) is 0.0351. The number of Topliss-reactive ketones (excluding diaryl/α,β-unsaturated/α-hetero) is 1. The summed E-state index contributed by atoms with van der Waals surface area (Å²) < 4.78 is 5.27. The Labute approximate surface area is 363 Å². The molecular formula is C47H93N5O7. The number of esters is 1. The fraction of sp³-hybridized carbons (Fsp3) is 0.745. The van der Waals surface area contributed by atoms with Crippen molar-refractivity contribution in [1.29, 1.82) is 0 Å². The summed E-state index contributed by atoms with van der Waals surface area (Å²) in [5.74, 6) is -1.18. The molecule has 348 valence electrons. The lowest BCUT2D eigenvalue weighted by Crippen LogP contribution is -2.58. The number of likely N-dealkylation sites (tertiary alicyclic amines) is 1. The molecule has 0 aromatic carbocycles. The molecule has 1 rings (SSSR count). The van der Waals surface area contributed by atoms with Crippen molar-refractivity contribution in [3.8, 4) is 0 Å². The summed E-state index contributed by atoms with van der Waals surface area (Å²) in [4.78, 5) is 72.9. The minimum Gasteiger partial charge on any atom is -0.453 e. The van der Waals surface area contributed by atoms with E-state index in [4.69, 9.17) is 4.74 Å². The molecule has 1 heterocycles. The third-order valence-corrected chi connectivity index (χ3v) is 7.95. The fourth-order valence-electron chi connectivity index (χ4n) is 5.00. The number of hydrogen-bond donors (Lipinski definition) is 4. The molecule has 0 aliphatic carbocycles. The first kappa shape index (κ1) is 66.8. The van der Waals surface area contributed by atoms with Crippen LogP contribution in [0.3, 0.4) is 0 Å². The number of ether oxygens (including phenoxy) is 1. The second kappa shape index (κ2) is 45.1. The van der Waals surface area contributed by atoms with Gasteiger partial charge < -0.3 is 30.9 Å². The molecule has 12 nitrogen and oxygen atoms in total. The molecule has 1 fully saturated rings. The normalized spacial score (nSPS) is 14.2. The maximum absolute atomic E-state index is 13.4. The lowest BCUT2D eigenvalue weighted by atomic mass is 9.94. The number of nitrogens with zero attached hydrogens (tertiary/aromatic N) is 1. The van der Waals surface area contributed by atoms with E-state index in [1.54, 1.807) is 25.7 Å². The van der Waals surface area contributed by atoms with Gasteiger partial charge in [0.05, 0.1) is 6.04 Å². The average Bonchev–Trinajstić information content (AvgIpc) is 3.71. The number of carbonyl (C=O) groups is 6. The summed E-state index contributed by atoms with van der Waals surface area (Å²) in [7, 11) is 0. The first-order valence-electron chi connectivity index (χ1n) is 22.4. The van der Waals surface area contributed by atoms with Gasteiger partial charge in [0, 0.05) is 12.6 Å². The SMILES string of the molecule is C/C=C\C(=C/C)C(C)(C)OC(=O)CNC=O.C=CCC.CC.CC.CC.CCC.CCCCCC(C)C(NC(=O)NC(C)C)C(=O)N1CCCC1C(=O)NC(C)C(C)=O. The van der Waals surface area contributed by atoms with Crippen LogP contribution >= 0.6 is 0 Å². The van der Waals surface area contributed by atoms with E-state index in [0.717, 1.165) is 37.7 Å². The van der Waals surface area contributed by atoms with Crippen LogP contribution < -0.4 is 21.3 Å². The second-order valence-electron chi connectivity index (χ2n) is 13.9. The Morgan fingerprint density at radius 3 is 1.81 bits per heavy atom. The standard InChI is InChI=1S/C22H40N4O4.C12H19NO3.C4H8.C3H8.3C2H6/c1-7-8-9-11-15(4)19(25-22(30)23-14(2)3)21(29)26-13-10-12-18(26)20(28)24-16(5)17(6)27;1-5-7-10(6-2)12(3,4)16-11(15)8-13-9-14;1-3-4-2;1-3-2;3*1-2/h14-16,18-19H,7-13H2,1-6H3,(H,24,28)(H2,23,25,30);5-7,9H,8H2,1-4H3,(H,13,14);3H,1,4H2,2H3;3H2,1-2H3;3*1-2H3/b;7-5-,10-6+;;;;;. The lowest BCUT2D eigenvalue weighted by Gasteiger charge is -2.32. The van der Waals surface area contributed by atoms with Gasteiger partial charge >= 0.3 is 12.0 Å². The first-order valence-corrected chi connectivity index (χ1v) is 22.4. The van der Waals surface area contributed by atoms with Gasteiger partial charge in [-0.25, -0.2) is 4.79 Å². The van der Waals surface area contributed by atoms with Crippen molar-refractivity contribution in [3.63, 3.8) is 0 Å². The van der Waals surface area contributed by atoms with E-state index in [-0.39, 0.29) is 42.1 Å². The van der Waals surface area contributed by atoms with Gasteiger partial charge in [-0.3, -0.25) is 24.0 Å². The first-order chi connectivity index (χ1) is 27.9. The van der Waals surface area contributed by atoms with Crippen LogP contribution in [-0.2, 0) is 28.7 Å². The van der Waals surface area contributed by atoms with Crippen LogP contribution in [0.2, 0.25) is 0 Å². The molecule has 4 N–H and O–H groups in total. The van der Waals surface area contributed by atoms with Crippen molar-refractivity contribution in [3.05, 3.63) is 36.5 Å². The zero-order valence-corrected chi connectivity index (χ0v) is 41.4. The van der Waals surface area contributed by atoms with Crippen LogP contribution in [0.15, 0.2) is 36.5 Å². The van der Waals surface area contributed by atoms with Crippen molar-refractivity contribution < 1.29 is 33.5 Å². The van der Waals surface area contributed by atoms with Crippen molar-refractivity contribution >= 4 is 36.0 Å². The van der Waals surface area contributed by atoms with E-state index in [1.165, 1.54) is 13.3 Å². The summed E-state index contributed by atoms with van der Waals surface area (Å²) in [6.07, 6.45) is 15.6. The van der Waals surface area contributed by atoms with Crippen molar-refractivity contribution in [2.75, 3.05) is 13.1 Å². The molecule has 1 aliphatic heterocycles. The summed E-state index contributed by atoms with van der Waals surface area (Å²) in [5.41, 5.74) is 0.220. The maximum Gasteiger partial charge on any atom is 0.326 e. The summed E-state index contributed by atoms with van der Waals surface area (Å²) in [6.45, 7) is 40.4. The van der Waals surface area contributed by atoms with Crippen LogP contribution in [0, 0.1) is 5.92 Å². The number of ketones is 1. The van der Waals surface area contributed by atoms with E-state index in [0.29, 0.717) is 25.8 Å². The largest absolute Gasteiger partial charge is 0.453 e. The number of carbonyl (C=O) groups excluding carboxylic acids is 6. The molecule has 0 saturated carbocycles. The van der Waals surface area contributed by atoms with Crippen LogP contribution in [0.1, 0.15) is 183 Å². The van der Waals surface area contributed by atoms with Crippen LogP contribution in [0.4, 0.5) is 4.79 Å². The number of unbranched alkanes of at least 4 members (excludes halogenated alkanes) is 2. The van der Waals surface area contributed by atoms with Gasteiger partial charge in [-0.05, 0) is 92.6 Å². The number of rotatable bonds is 18. The lowest BCUT2D eigenvalue weighted by molar-refractivity contribution is -0.152. The average molecular weight is 840 g/mol. The predicted octanol–water partition coefficient (Wildman–Crippen LogP) is 10.0. The number of allylic oxidation sites excluding steroid dienone is 3. The molecule has 4 unspecified atom stereocenters. The van der Waals surface area contributed by atoms with E-state index in [1.807, 2.05) is 100 Å². The Morgan fingerprint density at radius 1 is 0.881 bits per heavy atom. The Balaban J connectivity index is -0.000000202. The van der Waals surface area contributed by atoms with Crippen molar-refractivity contribution in [2.24, 2.45) is 5.92 Å². The van der Waals surface area contributed by atoms with Gasteiger partial charge in [-0.15, -0.1) is 6.58 Å². The molecular weight excluding hydrogens is 747 g/mol. The minimum atomic E-state index is -0.695. The highest BCUT2D eigenvalue weighted by atomic mass is 16.6. The van der Waals surface area contributed by atoms with Crippen molar-refractivity contribution in [1.82, 2.24) is 26.2 Å². The zero-order valence-electron chi connectivity index (χ0n) is 41.4. The Bertz CT molecular complexity index is 1150. The van der Waals surface area contributed by atoms with Crippen LogP contribution in [0.25, 0.3) is 0 Å². The molecule has 0 radical (unpaired) electrons. The highest BCUT2D eigenvalue weighted by Gasteiger charge is 2.39. The molecule has 4 atom stereocenters. The van der Waals surface area contributed by atoms with Gasteiger partial charge in [0.2, 0.25) is 18.2 Å². The van der Waals surface area contributed by atoms with Gasteiger partial charge in [0.15, 0.2) is 5.78 Å². The second-order valence-corrected chi connectivity index (χ2v) is 13.9. The van der Waals surface area contributed by atoms with Gasteiger partial charge in [0.25, 0.3) is 0 Å². The highest BCUT2D eigenvalue weighted by molar-refractivity contribution is 5.94. The maximum atomic E-state index is 13.4. The third kappa shape index (κ3) is 35.7. The highest BCUT2D eigenvalue weighted by Crippen LogP contribution is 2.23. The van der Waals surface area contributed by atoms with Crippen LogP contribution in [0.5, 0.6) is 0 Å². The molecule has 12 heteroatoms. The Kier molecular flexibility index (Phi) is 51.1. The summed E-state index contributed by atoms with van der Waals surface area (Å²) in [6, 6.07) is -2.32. The zero-order chi connectivity index (χ0) is 47.6. The molecule has 5 amide bonds. The van der Waals surface area contributed by atoms with Crippen molar-refractivity contribution in [2.45, 2.75) is 213 Å². The molecule has 59 heavy (non-hydrogen) atoms. The van der Waals surface area contributed by atoms with E-state index in [2.05, 4.69) is 55.5 Å². The van der Waals surface area contributed by atoms with E-state index in [9.17, 15) is 28.8 Å². The molecule has 0 aromatic heterocycles. The summed E-state index contributed by atoms with van der Waals surface area (Å²) in [5, 5.41) is 10.6.